The Morgan fingerprint density at radius 1 is 1.23 bits per heavy atom. The van der Waals surface area contributed by atoms with E-state index in [1.54, 1.807) is 25.2 Å². The van der Waals surface area contributed by atoms with E-state index in [0.29, 0.717) is 31.7 Å². The van der Waals surface area contributed by atoms with Crippen molar-refractivity contribution in [1.29, 1.82) is 0 Å². The van der Waals surface area contributed by atoms with Gasteiger partial charge in [-0.25, -0.2) is 8.42 Å². The van der Waals surface area contributed by atoms with Crippen molar-refractivity contribution in [3.05, 3.63) is 24.3 Å². The van der Waals surface area contributed by atoms with Gasteiger partial charge in [0, 0.05) is 31.7 Å². The van der Waals surface area contributed by atoms with E-state index >= 15 is 0 Å². The summed E-state index contributed by atoms with van der Waals surface area (Å²) in [4.78, 5) is 12.0. The van der Waals surface area contributed by atoms with E-state index in [9.17, 15) is 13.2 Å². The lowest BCUT2D eigenvalue weighted by atomic mass is 10.2. The Labute approximate surface area is 131 Å². The molecule has 1 amide bonds. The summed E-state index contributed by atoms with van der Waals surface area (Å²) < 4.78 is 26.7. The third-order valence-corrected chi connectivity index (χ3v) is 5.57. The number of sulfonamides is 1. The molecule has 2 rings (SSSR count). The molecule has 7 heteroatoms. The SMILES string of the molecule is CNCCC(=O)Nc1cccc(S(=O)(=O)N2CCCCC2)c1. The second-order valence-electron chi connectivity index (χ2n) is 5.39. The molecule has 1 saturated heterocycles. The van der Waals surface area contributed by atoms with Crippen LogP contribution in [0.25, 0.3) is 0 Å². The molecule has 0 saturated carbocycles. The summed E-state index contributed by atoms with van der Waals surface area (Å²) in [6, 6.07) is 6.46. The first kappa shape index (κ1) is 16.9. The first-order chi connectivity index (χ1) is 10.5. The van der Waals surface area contributed by atoms with E-state index in [-0.39, 0.29) is 10.8 Å². The van der Waals surface area contributed by atoms with Gasteiger partial charge >= 0.3 is 0 Å². The fourth-order valence-corrected chi connectivity index (χ4v) is 4.01. The molecule has 2 N–H and O–H groups in total. The van der Waals surface area contributed by atoms with E-state index in [1.165, 1.54) is 10.4 Å². The zero-order valence-corrected chi connectivity index (χ0v) is 13.7. The van der Waals surface area contributed by atoms with Crippen LogP contribution in [0.5, 0.6) is 0 Å². The van der Waals surface area contributed by atoms with Gasteiger partial charge in [0.05, 0.1) is 4.90 Å². The minimum atomic E-state index is -3.47. The molecule has 1 fully saturated rings. The second kappa shape index (κ2) is 7.71. The van der Waals surface area contributed by atoms with Crippen molar-refractivity contribution < 1.29 is 13.2 Å². The van der Waals surface area contributed by atoms with Gasteiger partial charge in [0.1, 0.15) is 0 Å². The highest BCUT2D eigenvalue weighted by molar-refractivity contribution is 7.89. The zero-order valence-electron chi connectivity index (χ0n) is 12.8. The molecule has 1 heterocycles. The fourth-order valence-electron chi connectivity index (χ4n) is 2.45. The number of amides is 1. The Morgan fingerprint density at radius 2 is 1.95 bits per heavy atom. The maximum atomic E-state index is 12.6. The third kappa shape index (κ3) is 4.28. The highest BCUT2D eigenvalue weighted by Gasteiger charge is 2.26. The third-order valence-electron chi connectivity index (χ3n) is 3.67. The van der Waals surface area contributed by atoms with Crippen molar-refractivity contribution in [2.24, 2.45) is 0 Å². The molecular weight excluding hydrogens is 302 g/mol. The number of piperidine rings is 1. The zero-order chi connectivity index (χ0) is 16.0. The first-order valence-corrected chi connectivity index (χ1v) is 9.03. The van der Waals surface area contributed by atoms with Crippen molar-refractivity contribution in [1.82, 2.24) is 9.62 Å². The van der Waals surface area contributed by atoms with Crippen molar-refractivity contribution in [2.45, 2.75) is 30.6 Å². The van der Waals surface area contributed by atoms with Crippen molar-refractivity contribution in [3.8, 4) is 0 Å². The molecule has 0 aromatic heterocycles. The molecule has 1 aliphatic rings. The van der Waals surface area contributed by atoms with Gasteiger partial charge in [0.25, 0.3) is 0 Å². The molecule has 22 heavy (non-hydrogen) atoms. The number of nitrogens with one attached hydrogen (secondary N) is 2. The Morgan fingerprint density at radius 3 is 2.64 bits per heavy atom. The number of carbonyl (C=O) groups is 1. The lowest BCUT2D eigenvalue weighted by molar-refractivity contribution is -0.116. The minimum absolute atomic E-state index is 0.137. The predicted octanol–water partition coefficient (Wildman–Crippen LogP) is 1.41. The van der Waals surface area contributed by atoms with E-state index in [2.05, 4.69) is 10.6 Å². The predicted molar refractivity (Wildman–Crippen MR) is 86.2 cm³/mol. The van der Waals surface area contributed by atoms with Crippen molar-refractivity contribution in [3.63, 3.8) is 0 Å². The smallest absolute Gasteiger partial charge is 0.243 e. The monoisotopic (exact) mass is 325 g/mol. The van der Waals surface area contributed by atoms with Gasteiger partial charge in [-0.05, 0) is 38.1 Å². The van der Waals surface area contributed by atoms with Crippen LogP contribution < -0.4 is 10.6 Å². The molecule has 0 unspecified atom stereocenters. The van der Waals surface area contributed by atoms with Crippen LogP contribution in [0.15, 0.2) is 29.2 Å². The Hall–Kier alpha value is -1.44. The van der Waals surface area contributed by atoms with Gasteiger partial charge in [0.2, 0.25) is 15.9 Å². The number of nitrogens with zero attached hydrogens (tertiary/aromatic N) is 1. The number of carbonyl (C=O) groups excluding carboxylic acids is 1. The van der Waals surface area contributed by atoms with Crippen LogP contribution in [0.3, 0.4) is 0 Å². The van der Waals surface area contributed by atoms with Gasteiger partial charge < -0.3 is 10.6 Å². The minimum Gasteiger partial charge on any atom is -0.326 e. The molecule has 6 nitrogen and oxygen atoms in total. The van der Waals surface area contributed by atoms with Gasteiger partial charge in [-0.1, -0.05) is 12.5 Å². The molecule has 1 aromatic carbocycles. The maximum absolute atomic E-state index is 12.6. The average molecular weight is 325 g/mol. The first-order valence-electron chi connectivity index (χ1n) is 7.59. The normalized spacial score (nSPS) is 16.4. The molecule has 122 valence electrons. The van der Waals surface area contributed by atoms with Crippen LogP contribution in [-0.4, -0.2) is 45.3 Å². The number of hydrogen-bond acceptors (Lipinski definition) is 4. The summed E-state index contributed by atoms with van der Waals surface area (Å²) in [5.74, 6) is -0.137. The van der Waals surface area contributed by atoms with E-state index in [0.717, 1.165) is 19.3 Å². The van der Waals surface area contributed by atoms with E-state index < -0.39 is 10.0 Å². The standard InChI is InChI=1S/C15H23N3O3S/c1-16-9-8-15(19)17-13-6-5-7-14(12-13)22(20,21)18-10-3-2-4-11-18/h5-7,12,16H,2-4,8-11H2,1H3,(H,17,19). The summed E-state index contributed by atoms with van der Waals surface area (Å²) in [5.41, 5.74) is 0.513. The number of anilines is 1. The van der Waals surface area contributed by atoms with Crippen LogP contribution in [0.2, 0.25) is 0 Å². The Balaban J connectivity index is 2.11. The van der Waals surface area contributed by atoms with Gasteiger partial charge in [-0.3, -0.25) is 4.79 Å². The second-order valence-corrected chi connectivity index (χ2v) is 7.33. The summed E-state index contributed by atoms with van der Waals surface area (Å²) in [5, 5.41) is 5.63. The average Bonchev–Trinajstić information content (AvgIpc) is 2.54. The molecular formula is C15H23N3O3S. The highest BCUT2D eigenvalue weighted by atomic mass is 32.2. The van der Waals surface area contributed by atoms with E-state index in [1.807, 2.05) is 0 Å². The summed E-state index contributed by atoms with van der Waals surface area (Å²) in [6.07, 6.45) is 3.23. The molecule has 0 radical (unpaired) electrons. The van der Waals surface area contributed by atoms with Crippen molar-refractivity contribution in [2.75, 3.05) is 32.0 Å². The molecule has 1 aromatic rings. The van der Waals surface area contributed by atoms with Crippen LogP contribution in [0.1, 0.15) is 25.7 Å². The largest absolute Gasteiger partial charge is 0.326 e. The molecule has 0 bridgehead atoms. The molecule has 0 aliphatic carbocycles. The highest BCUT2D eigenvalue weighted by Crippen LogP contribution is 2.22. The Bertz CT molecular complexity index is 610. The van der Waals surface area contributed by atoms with Crippen LogP contribution >= 0.6 is 0 Å². The Kier molecular flexibility index (Phi) is 5.93. The molecule has 0 spiro atoms. The molecule has 1 aliphatic heterocycles. The van der Waals surface area contributed by atoms with Gasteiger partial charge in [-0.15, -0.1) is 0 Å². The van der Waals surface area contributed by atoms with Crippen molar-refractivity contribution >= 4 is 21.6 Å². The summed E-state index contributed by atoms with van der Waals surface area (Å²) in [7, 11) is -1.69. The summed E-state index contributed by atoms with van der Waals surface area (Å²) >= 11 is 0. The maximum Gasteiger partial charge on any atom is 0.243 e. The van der Waals surface area contributed by atoms with Crippen LogP contribution in [0, 0.1) is 0 Å². The van der Waals surface area contributed by atoms with Gasteiger partial charge in [0.15, 0.2) is 0 Å². The fraction of sp³-hybridized carbons (Fsp3) is 0.533. The van der Waals surface area contributed by atoms with Gasteiger partial charge in [-0.2, -0.15) is 4.31 Å². The lowest BCUT2D eigenvalue weighted by Crippen LogP contribution is -2.35. The van der Waals surface area contributed by atoms with Crippen LogP contribution in [-0.2, 0) is 14.8 Å². The summed E-state index contributed by atoms with van der Waals surface area (Å²) in [6.45, 7) is 1.72. The molecule has 0 atom stereocenters. The lowest BCUT2D eigenvalue weighted by Gasteiger charge is -2.26. The number of hydrogen-bond donors (Lipinski definition) is 2. The number of benzene rings is 1. The topological polar surface area (TPSA) is 78.5 Å². The number of rotatable bonds is 6. The quantitative estimate of drug-likeness (QED) is 0.829. The van der Waals surface area contributed by atoms with E-state index in [4.69, 9.17) is 0 Å². The van der Waals surface area contributed by atoms with Crippen LogP contribution in [0.4, 0.5) is 5.69 Å².